The summed E-state index contributed by atoms with van der Waals surface area (Å²) in [7, 11) is 0. The third-order valence-corrected chi connectivity index (χ3v) is 1.76. The number of rotatable bonds is 1. The number of pyridine rings is 2. The number of nitrogens with two attached hydrogens (primary N) is 1. The van der Waals surface area contributed by atoms with E-state index in [1.165, 1.54) is 0 Å². The van der Waals surface area contributed by atoms with Crippen molar-refractivity contribution in [2.45, 2.75) is 6.54 Å². The number of aromatic nitrogens is 2. The van der Waals surface area contributed by atoms with Crippen LogP contribution in [0.25, 0.3) is 10.9 Å². The fourth-order valence-electron chi connectivity index (χ4n) is 1.12. The number of nitrogens with zero attached hydrogens (tertiary/aromatic N) is 2. The molecule has 3 nitrogen and oxygen atoms in total. The van der Waals surface area contributed by atoms with Crippen LogP contribution in [0.15, 0.2) is 30.6 Å². The highest BCUT2D eigenvalue weighted by Crippen LogP contribution is 2.09. The molecule has 60 valence electrons. The quantitative estimate of drug-likeness (QED) is 0.677. The second kappa shape index (κ2) is 2.87. The summed E-state index contributed by atoms with van der Waals surface area (Å²) in [4.78, 5) is 8.29. The molecule has 0 aliphatic carbocycles. The first-order chi connectivity index (χ1) is 5.90. The van der Waals surface area contributed by atoms with Crippen LogP contribution in [0, 0.1) is 0 Å². The molecular formula is C9H9N3. The van der Waals surface area contributed by atoms with Gasteiger partial charge in [-0.15, -0.1) is 0 Å². The van der Waals surface area contributed by atoms with E-state index < -0.39 is 0 Å². The van der Waals surface area contributed by atoms with Gasteiger partial charge in [0.15, 0.2) is 0 Å². The SMILES string of the molecule is NCc1ccc2ccncc2n1. The van der Waals surface area contributed by atoms with Crippen molar-refractivity contribution in [1.82, 2.24) is 9.97 Å². The Morgan fingerprint density at radius 2 is 2.17 bits per heavy atom. The van der Waals surface area contributed by atoms with E-state index in [-0.39, 0.29) is 0 Å². The maximum Gasteiger partial charge on any atom is 0.0888 e. The first-order valence-electron chi connectivity index (χ1n) is 3.80. The molecule has 0 aromatic carbocycles. The zero-order valence-corrected chi connectivity index (χ0v) is 6.57. The van der Waals surface area contributed by atoms with Crippen molar-refractivity contribution in [1.29, 1.82) is 0 Å². The van der Waals surface area contributed by atoms with Crippen LogP contribution in [-0.2, 0) is 6.54 Å². The molecular weight excluding hydrogens is 150 g/mol. The lowest BCUT2D eigenvalue weighted by atomic mass is 10.2. The Bertz CT molecular complexity index is 398. The molecule has 0 radical (unpaired) electrons. The van der Waals surface area contributed by atoms with Crippen molar-refractivity contribution in [3.05, 3.63) is 36.3 Å². The van der Waals surface area contributed by atoms with E-state index in [9.17, 15) is 0 Å². The zero-order valence-electron chi connectivity index (χ0n) is 6.57. The average molecular weight is 159 g/mol. The monoisotopic (exact) mass is 159 g/mol. The summed E-state index contributed by atoms with van der Waals surface area (Å²) in [6.07, 6.45) is 3.50. The van der Waals surface area contributed by atoms with Crippen LogP contribution >= 0.6 is 0 Å². The third kappa shape index (κ3) is 1.14. The highest BCUT2D eigenvalue weighted by Gasteiger charge is 1.94. The second-order valence-corrected chi connectivity index (χ2v) is 2.58. The van der Waals surface area contributed by atoms with Crippen molar-refractivity contribution in [2.24, 2.45) is 5.73 Å². The van der Waals surface area contributed by atoms with Crippen LogP contribution in [0.2, 0.25) is 0 Å². The lowest BCUT2D eigenvalue weighted by Crippen LogP contribution is -1.98. The van der Waals surface area contributed by atoms with E-state index in [1.807, 2.05) is 18.2 Å². The molecule has 2 aromatic rings. The van der Waals surface area contributed by atoms with Crippen LogP contribution in [0.3, 0.4) is 0 Å². The van der Waals surface area contributed by atoms with Gasteiger partial charge in [0.25, 0.3) is 0 Å². The predicted molar refractivity (Wildman–Crippen MR) is 47.4 cm³/mol. The second-order valence-electron chi connectivity index (χ2n) is 2.58. The van der Waals surface area contributed by atoms with Gasteiger partial charge < -0.3 is 5.73 Å². The molecule has 2 N–H and O–H groups in total. The topological polar surface area (TPSA) is 51.8 Å². The fourth-order valence-corrected chi connectivity index (χ4v) is 1.12. The molecule has 2 aromatic heterocycles. The summed E-state index contributed by atoms with van der Waals surface area (Å²) in [6.45, 7) is 0.477. The number of hydrogen-bond acceptors (Lipinski definition) is 3. The number of fused-ring (bicyclic) bond motifs is 1. The van der Waals surface area contributed by atoms with Crippen molar-refractivity contribution in [3.8, 4) is 0 Å². The van der Waals surface area contributed by atoms with Crippen LogP contribution in [0.5, 0.6) is 0 Å². The first-order valence-corrected chi connectivity index (χ1v) is 3.80. The summed E-state index contributed by atoms with van der Waals surface area (Å²) in [5, 5.41) is 1.10. The molecule has 0 atom stereocenters. The third-order valence-electron chi connectivity index (χ3n) is 1.76. The summed E-state index contributed by atoms with van der Waals surface area (Å²) < 4.78 is 0. The zero-order chi connectivity index (χ0) is 8.39. The van der Waals surface area contributed by atoms with E-state index in [0.29, 0.717) is 6.54 Å². The lowest BCUT2D eigenvalue weighted by molar-refractivity contribution is 1.00. The van der Waals surface area contributed by atoms with E-state index in [2.05, 4.69) is 9.97 Å². The maximum absolute atomic E-state index is 5.46. The van der Waals surface area contributed by atoms with Crippen molar-refractivity contribution in [2.75, 3.05) is 0 Å². The van der Waals surface area contributed by atoms with Gasteiger partial charge in [-0.2, -0.15) is 0 Å². The Kier molecular flexibility index (Phi) is 1.72. The smallest absolute Gasteiger partial charge is 0.0888 e. The predicted octanol–water partition coefficient (Wildman–Crippen LogP) is 1.09. The van der Waals surface area contributed by atoms with E-state index >= 15 is 0 Å². The van der Waals surface area contributed by atoms with Crippen LogP contribution < -0.4 is 5.73 Å². The Labute approximate surface area is 70.3 Å². The first kappa shape index (κ1) is 7.18. The largest absolute Gasteiger partial charge is 0.325 e. The molecule has 2 heterocycles. The van der Waals surface area contributed by atoms with Crippen LogP contribution in [0.1, 0.15) is 5.69 Å². The lowest BCUT2D eigenvalue weighted by Gasteiger charge is -1.98. The molecule has 0 saturated heterocycles. The molecule has 0 spiro atoms. The van der Waals surface area contributed by atoms with Gasteiger partial charge in [-0.25, -0.2) is 4.98 Å². The highest BCUT2D eigenvalue weighted by atomic mass is 14.8. The van der Waals surface area contributed by atoms with Gasteiger partial charge in [0.2, 0.25) is 0 Å². The summed E-state index contributed by atoms with van der Waals surface area (Å²) in [5.41, 5.74) is 7.26. The van der Waals surface area contributed by atoms with Gasteiger partial charge in [0, 0.05) is 18.1 Å². The minimum Gasteiger partial charge on any atom is -0.325 e. The average Bonchev–Trinajstić information content (AvgIpc) is 2.17. The molecule has 0 bridgehead atoms. The molecule has 0 aliphatic rings. The van der Waals surface area contributed by atoms with Gasteiger partial charge in [-0.05, 0) is 12.1 Å². The Hall–Kier alpha value is -1.48. The van der Waals surface area contributed by atoms with E-state index in [0.717, 1.165) is 16.6 Å². The van der Waals surface area contributed by atoms with Gasteiger partial charge in [-0.3, -0.25) is 4.98 Å². The molecule has 0 aliphatic heterocycles. The van der Waals surface area contributed by atoms with E-state index in [4.69, 9.17) is 5.73 Å². The minimum absolute atomic E-state index is 0.477. The normalized spacial score (nSPS) is 10.4. The minimum atomic E-state index is 0.477. The molecule has 3 heteroatoms. The molecule has 0 amide bonds. The molecule has 0 saturated carbocycles. The molecule has 12 heavy (non-hydrogen) atoms. The summed E-state index contributed by atoms with van der Waals surface area (Å²) in [5.74, 6) is 0. The standard InChI is InChI=1S/C9H9N3/c10-5-8-2-1-7-3-4-11-6-9(7)12-8/h1-4,6H,5,10H2. The molecule has 0 unspecified atom stereocenters. The number of hydrogen-bond donors (Lipinski definition) is 1. The highest BCUT2D eigenvalue weighted by molar-refractivity contribution is 5.77. The van der Waals surface area contributed by atoms with Gasteiger partial charge in [0.05, 0.1) is 17.4 Å². The van der Waals surface area contributed by atoms with Crippen LogP contribution in [0.4, 0.5) is 0 Å². The van der Waals surface area contributed by atoms with Crippen LogP contribution in [-0.4, -0.2) is 9.97 Å². The Balaban J connectivity index is 2.67. The van der Waals surface area contributed by atoms with Gasteiger partial charge >= 0.3 is 0 Å². The maximum atomic E-state index is 5.46. The fraction of sp³-hybridized carbons (Fsp3) is 0.111. The summed E-state index contributed by atoms with van der Waals surface area (Å²) >= 11 is 0. The Morgan fingerprint density at radius 1 is 1.25 bits per heavy atom. The van der Waals surface area contributed by atoms with E-state index in [1.54, 1.807) is 12.4 Å². The molecule has 0 fully saturated rings. The van der Waals surface area contributed by atoms with Gasteiger partial charge in [-0.1, -0.05) is 6.07 Å². The van der Waals surface area contributed by atoms with Gasteiger partial charge in [0.1, 0.15) is 0 Å². The Morgan fingerprint density at radius 3 is 3.00 bits per heavy atom. The summed E-state index contributed by atoms with van der Waals surface area (Å²) in [6, 6.07) is 5.87. The van der Waals surface area contributed by atoms with Crippen molar-refractivity contribution >= 4 is 10.9 Å². The van der Waals surface area contributed by atoms with Crippen molar-refractivity contribution in [3.63, 3.8) is 0 Å². The molecule has 2 rings (SSSR count). The van der Waals surface area contributed by atoms with Crippen molar-refractivity contribution < 1.29 is 0 Å².